The second-order valence-corrected chi connectivity index (χ2v) is 4.74. The van der Waals surface area contributed by atoms with E-state index in [0.29, 0.717) is 11.5 Å². The van der Waals surface area contributed by atoms with Gasteiger partial charge >= 0.3 is 5.97 Å². The fourth-order valence-corrected chi connectivity index (χ4v) is 1.46. The topological polar surface area (TPSA) is 26.3 Å². The lowest BCUT2D eigenvalue weighted by atomic mass is 9.89. The van der Waals surface area contributed by atoms with Crippen molar-refractivity contribution in [1.29, 1.82) is 0 Å². The van der Waals surface area contributed by atoms with Crippen LogP contribution in [0.3, 0.4) is 0 Å². The van der Waals surface area contributed by atoms with E-state index in [1.807, 2.05) is 27.7 Å². The van der Waals surface area contributed by atoms with E-state index in [2.05, 4.69) is 0 Å². The van der Waals surface area contributed by atoms with Gasteiger partial charge in [0, 0.05) is 6.42 Å². The number of esters is 1. The van der Waals surface area contributed by atoms with E-state index >= 15 is 0 Å². The van der Waals surface area contributed by atoms with Crippen molar-refractivity contribution in [1.82, 2.24) is 0 Å². The monoisotopic (exact) mass is 202 g/mol. The maximum atomic E-state index is 11.3. The second-order valence-electron chi connectivity index (χ2n) is 4.33. The molecule has 1 saturated heterocycles. The lowest BCUT2D eigenvalue weighted by Gasteiger charge is -2.10. The molecule has 1 rings (SSSR count). The van der Waals surface area contributed by atoms with Gasteiger partial charge in [0.15, 0.2) is 0 Å². The molecule has 0 aromatic rings. The third-order valence-electron chi connectivity index (χ3n) is 2.26. The molecule has 0 aliphatic carbocycles. The van der Waals surface area contributed by atoms with Crippen LogP contribution < -0.4 is 0 Å². The van der Waals surface area contributed by atoms with E-state index in [1.54, 1.807) is 0 Å². The summed E-state index contributed by atoms with van der Waals surface area (Å²) in [4.78, 5) is 11.3. The first-order chi connectivity index (χ1) is 5.84. The summed E-state index contributed by atoms with van der Waals surface area (Å²) in [5.74, 6) is -0.156. The van der Waals surface area contributed by atoms with Gasteiger partial charge in [-0.25, -0.2) is 0 Å². The molecular formula is C10H15ClO2. The first kappa shape index (κ1) is 10.6. The van der Waals surface area contributed by atoms with Crippen LogP contribution in [0.2, 0.25) is 0 Å². The van der Waals surface area contributed by atoms with Crippen molar-refractivity contribution < 1.29 is 9.53 Å². The minimum Gasteiger partial charge on any atom is -0.456 e. The molecule has 3 heteroatoms. The van der Waals surface area contributed by atoms with Gasteiger partial charge in [0.1, 0.15) is 6.10 Å². The predicted molar refractivity (Wildman–Crippen MR) is 52.5 cm³/mol. The molecule has 1 heterocycles. The molecule has 1 aliphatic heterocycles. The number of halogens is 1. The van der Waals surface area contributed by atoms with Crippen LogP contribution in [0.5, 0.6) is 0 Å². The Morgan fingerprint density at radius 2 is 2.08 bits per heavy atom. The fourth-order valence-electron chi connectivity index (χ4n) is 1.34. The minimum atomic E-state index is -0.389. The summed E-state index contributed by atoms with van der Waals surface area (Å²) in [5, 5.41) is 0.666. The molecule has 13 heavy (non-hydrogen) atoms. The zero-order valence-electron chi connectivity index (χ0n) is 8.48. The first-order valence-corrected chi connectivity index (χ1v) is 4.76. The highest BCUT2D eigenvalue weighted by Crippen LogP contribution is 2.37. The first-order valence-electron chi connectivity index (χ1n) is 4.38. The molecule has 0 spiro atoms. The molecular weight excluding hydrogens is 188 g/mol. The summed E-state index contributed by atoms with van der Waals surface area (Å²) in [6.45, 7) is 7.60. The summed E-state index contributed by atoms with van der Waals surface area (Å²) in [6, 6.07) is 0. The van der Waals surface area contributed by atoms with Crippen LogP contribution >= 0.6 is 11.6 Å². The molecule has 1 aliphatic rings. The normalized spacial score (nSPS) is 25.6. The van der Waals surface area contributed by atoms with Gasteiger partial charge in [-0.1, -0.05) is 17.2 Å². The molecule has 0 aromatic carbocycles. The Morgan fingerprint density at radius 1 is 1.54 bits per heavy atom. The lowest BCUT2D eigenvalue weighted by Crippen LogP contribution is -2.16. The van der Waals surface area contributed by atoms with Crippen LogP contribution in [0.25, 0.3) is 0 Å². The van der Waals surface area contributed by atoms with Gasteiger partial charge in [-0.2, -0.15) is 0 Å². The number of carbonyl (C=O) groups excluding carboxylic acids is 1. The molecule has 0 bridgehead atoms. The van der Waals surface area contributed by atoms with E-state index in [1.165, 1.54) is 0 Å². The highest BCUT2D eigenvalue weighted by atomic mass is 35.5. The summed E-state index contributed by atoms with van der Waals surface area (Å²) < 4.78 is 5.17. The highest BCUT2D eigenvalue weighted by Gasteiger charge is 2.42. The van der Waals surface area contributed by atoms with Crippen LogP contribution in [0.15, 0.2) is 10.6 Å². The molecule has 1 unspecified atom stereocenters. The summed E-state index contributed by atoms with van der Waals surface area (Å²) >= 11 is 6.02. The third-order valence-corrected chi connectivity index (χ3v) is 2.88. The van der Waals surface area contributed by atoms with E-state index in [0.717, 1.165) is 5.57 Å². The van der Waals surface area contributed by atoms with E-state index in [-0.39, 0.29) is 17.5 Å². The van der Waals surface area contributed by atoms with Crippen LogP contribution in [0, 0.1) is 5.41 Å². The molecule has 1 atom stereocenters. The number of cyclic esters (lactones) is 1. The van der Waals surface area contributed by atoms with Crippen LogP contribution in [-0.4, -0.2) is 12.1 Å². The molecule has 0 amide bonds. The Hall–Kier alpha value is -0.500. The number of hydrogen-bond acceptors (Lipinski definition) is 2. The van der Waals surface area contributed by atoms with E-state index in [9.17, 15) is 4.79 Å². The zero-order valence-corrected chi connectivity index (χ0v) is 9.23. The van der Waals surface area contributed by atoms with Crippen molar-refractivity contribution in [3.63, 3.8) is 0 Å². The third kappa shape index (κ3) is 2.05. The van der Waals surface area contributed by atoms with Gasteiger partial charge in [-0.3, -0.25) is 4.79 Å². The van der Waals surface area contributed by atoms with E-state index in [4.69, 9.17) is 16.3 Å². The number of allylic oxidation sites excluding steroid dienone is 1. The number of rotatable bonds is 1. The van der Waals surface area contributed by atoms with Gasteiger partial charge in [0.05, 0.1) is 10.4 Å². The van der Waals surface area contributed by atoms with Gasteiger partial charge in [0.25, 0.3) is 0 Å². The van der Waals surface area contributed by atoms with Gasteiger partial charge in [-0.05, 0) is 27.7 Å². The van der Waals surface area contributed by atoms with Crippen LogP contribution in [-0.2, 0) is 9.53 Å². The second kappa shape index (κ2) is 3.33. The van der Waals surface area contributed by atoms with Crippen molar-refractivity contribution in [3.05, 3.63) is 10.6 Å². The predicted octanol–water partition coefficient (Wildman–Crippen LogP) is 2.86. The maximum absolute atomic E-state index is 11.3. The molecule has 0 aromatic heterocycles. The average molecular weight is 203 g/mol. The number of hydrogen-bond donors (Lipinski definition) is 0. The molecule has 0 radical (unpaired) electrons. The van der Waals surface area contributed by atoms with Gasteiger partial charge < -0.3 is 4.74 Å². The average Bonchev–Trinajstić information content (AvgIpc) is 2.25. The number of ether oxygens (including phenoxy) is 1. The van der Waals surface area contributed by atoms with Crippen LogP contribution in [0.4, 0.5) is 0 Å². The Labute approximate surface area is 83.9 Å². The number of carbonyl (C=O) groups is 1. The molecule has 2 nitrogen and oxygen atoms in total. The summed E-state index contributed by atoms with van der Waals surface area (Å²) in [7, 11) is 0. The Bertz CT molecular complexity index is 262. The van der Waals surface area contributed by atoms with Crippen molar-refractivity contribution in [2.24, 2.45) is 5.41 Å². The molecule has 0 N–H and O–H groups in total. The lowest BCUT2D eigenvalue weighted by molar-refractivity contribution is -0.146. The van der Waals surface area contributed by atoms with Gasteiger partial charge in [0.2, 0.25) is 0 Å². The largest absolute Gasteiger partial charge is 0.456 e. The summed E-state index contributed by atoms with van der Waals surface area (Å²) in [5.41, 5.74) is 0.623. The van der Waals surface area contributed by atoms with Crippen molar-refractivity contribution in [2.45, 2.75) is 40.2 Å². The van der Waals surface area contributed by atoms with Gasteiger partial charge in [-0.15, -0.1) is 0 Å². The zero-order chi connectivity index (χ0) is 10.2. The standard InChI is InChI=1S/C10H15ClO2/c1-6(2)8(11)7-5-10(3,4)9(12)13-7/h7H,5H2,1-4H3. The maximum Gasteiger partial charge on any atom is 0.312 e. The SMILES string of the molecule is CC(C)=C(Cl)C1CC(C)(C)C(=O)O1. The smallest absolute Gasteiger partial charge is 0.312 e. The quantitative estimate of drug-likeness (QED) is 0.612. The van der Waals surface area contributed by atoms with Crippen molar-refractivity contribution >= 4 is 17.6 Å². The Morgan fingerprint density at radius 3 is 2.38 bits per heavy atom. The van der Waals surface area contributed by atoms with Crippen molar-refractivity contribution in [2.75, 3.05) is 0 Å². The molecule has 74 valence electrons. The highest BCUT2D eigenvalue weighted by molar-refractivity contribution is 6.30. The van der Waals surface area contributed by atoms with E-state index < -0.39 is 0 Å². The fraction of sp³-hybridized carbons (Fsp3) is 0.700. The molecule has 1 fully saturated rings. The van der Waals surface area contributed by atoms with Crippen molar-refractivity contribution in [3.8, 4) is 0 Å². The molecule has 0 saturated carbocycles. The Balaban J connectivity index is 2.81. The van der Waals surface area contributed by atoms with Crippen LogP contribution in [0.1, 0.15) is 34.1 Å². The Kier molecular flexibility index (Phi) is 2.71. The summed E-state index contributed by atoms with van der Waals surface area (Å²) in [6.07, 6.45) is 0.449. The minimum absolute atomic E-state index is 0.156.